The fraction of sp³-hybridized carbons (Fsp3) is 0.385. The van der Waals surface area contributed by atoms with Crippen LogP contribution in [-0.2, 0) is 4.79 Å². The van der Waals surface area contributed by atoms with Gasteiger partial charge in [-0.15, -0.1) is 5.10 Å². The molecule has 0 bridgehead atoms. The van der Waals surface area contributed by atoms with Crippen LogP contribution in [0.4, 0.5) is 5.69 Å². The topological polar surface area (TPSA) is 124 Å². The minimum atomic E-state index is -1.04. The first-order chi connectivity index (χ1) is 10.5. The van der Waals surface area contributed by atoms with Crippen LogP contribution in [0.25, 0.3) is 11.4 Å². The van der Waals surface area contributed by atoms with Crippen molar-refractivity contribution in [2.75, 3.05) is 0 Å². The molecule has 0 amide bonds. The lowest BCUT2D eigenvalue weighted by molar-refractivity contribution is -0.385. The normalized spacial score (nSPS) is 12.1. The zero-order valence-corrected chi connectivity index (χ0v) is 12.1. The van der Waals surface area contributed by atoms with Crippen LogP contribution in [-0.4, -0.2) is 36.2 Å². The summed E-state index contributed by atoms with van der Waals surface area (Å²) in [6, 6.07) is 3.66. The van der Waals surface area contributed by atoms with Gasteiger partial charge in [-0.05, 0) is 23.8 Å². The fourth-order valence-corrected chi connectivity index (χ4v) is 2.16. The highest BCUT2D eigenvalue weighted by Crippen LogP contribution is 2.27. The smallest absolute Gasteiger partial charge is 0.328 e. The molecule has 116 valence electrons. The number of nitro groups is 1. The molecule has 1 aromatic heterocycles. The molecule has 22 heavy (non-hydrogen) atoms. The number of nitrogens with zero attached hydrogens (tertiary/aromatic N) is 5. The van der Waals surface area contributed by atoms with Crippen LogP contribution < -0.4 is 0 Å². The van der Waals surface area contributed by atoms with Crippen molar-refractivity contribution in [1.82, 2.24) is 20.2 Å². The molecule has 2 aromatic rings. The zero-order valence-electron chi connectivity index (χ0n) is 12.1. The van der Waals surface area contributed by atoms with Gasteiger partial charge in [0.05, 0.1) is 4.92 Å². The van der Waals surface area contributed by atoms with Gasteiger partial charge in [0, 0.05) is 17.2 Å². The predicted molar refractivity (Wildman–Crippen MR) is 76.2 cm³/mol. The molecule has 0 spiro atoms. The fourth-order valence-electron chi connectivity index (χ4n) is 2.16. The molecule has 0 aliphatic carbocycles. The first-order valence-corrected chi connectivity index (χ1v) is 6.71. The third-order valence-electron chi connectivity index (χ3n) is 3.30. The molecule has 9 heteroatoms. The molecule has 1 aromatic carbocycles. The van der Waals surface area contributed by atoms with E-state index in [-0.39, 0.29) is 11.5 Å². The molecular weight excluding hydrogens is 290 g/mol. The second-order valence-electron chi connectivity index (χ2n) is 4.85. The number of nitro benzene ring substituents is 1. The Morgan fingerprint density at radius 3 is 2.82 bits per heavy atom. The number of carbonyl (C=O) groups is 1. The summed E-state index contributed by atoms with van der Waals surface area (Å²) < 4.78 is 1.19. The van der Waals surface area contributed by atoms with Gasteiger partial charge in [-0.25, -0.2) is 9.48 Å². The highest BCUT2D eigenvalue weighted by molar-refractivity contribution is 5.73. The lowest BCUT2D eigenvalue weighted by atomic mass is 10.1. The van der Waals surface area contributed by atoms with E-state index in [2.05, 4.69) is 15.5 Å². The first-order valence-electron chi connectivity index (χ1n) is 6.71. The van der Waals surface area contributed by atoms with Gasteiger partial charge in [0.2, 0.25) is 0 Å². The van der Waals surface area contributed by atoms with Gasteiger partial charge in [0.1, 0.15) is 0 Å². The first kappa shape index (κ1) is 15.5. The van der Waals surface area contributed by atoms with E-state index < -0.39 is 16.9 Å². The average Bonchev–Trinajstić information content (AvgIpc) is 2.93. The number of hydrogen-bond donors (Lipinski definition) is 1. The Morgan fingerprint density at radius 1 is 1.50 bits per heavy atom. The maximum Gasteiger partial charge on any atom is 0.328 e. The molecule has 0 radical (unpaired) electrons. The number of aliphatic carboxylic acids is 1. The van der Waals surface area contributed by atoms with E-state index >= 15 is 0 Å². The SMILES string of the molecule is CCCC(C(=O)O)n1nnnc1-c1ccc(C)c([N+](=O)[O-])c1. The van der Waals surface area contributed by atoms with Crippen molar-refractivity contribution in [3.8, 4) is 11.4 Å². The zero-order chi connectivity index (χ0) is 16.3. The van der Waals surface area contributed by atoms with E-state index in [0.29, 0.717) is 24.0 Å². The van der Waals surface area contributed by atoms with Crippen molar-refractivity contribution in [3.05, 3.63) is 33.9 Å². The van der Waals surface area contributed by atoms with Gasteiger partial charge >= 0.3 is 5.97 Å². The summed E-state index contributed by atoms with van der Waals surface area (Å²) in [7, 11) is 0. The standard InChI is InChI=1S/C13H15N5O4/c1-3-4-10(13(19)20)17-12(14-15-16-17)9-6-5-8(2)11(7-9)18(21)22/h5-7,10H,3-4H2,1-2H3,(H,19,20). The Morgan fingerprint density at radius 2 is 2.23 bits per heavy atom. The van der Waals surface area contributed by atoms with Gasteiger partial charge < -0.3 is 5.11 Å². The van der Waals surface area contributed by atoms with Crippen molar-refractivity contribution in [2.45, 2.75) is 32.7 Å². The van der Waals surface area contributed by atoms with E-state index in [9.17, 15) is 20.0 Å². The number of aryl methyl sites for hydroxylation is 1. The third-order valence-corrected chi connectivity index (χ3v) is 3.30. The number of carboxylic acids is 1. The summed E-state index contributed by atoms with van der Waals surface area (Å²) in [6.45, 7) is 3.48. The Labute approximate surface area is 125 Å². The summed E-state index contributed by atoms with van der Waals surface area (Å²) in [5.74, 6) is -0.846. The van der Waals surface area contributed by atoms with E-state index in [1.165, 1.54) is 10.7 Å². The van der Waals surface area contributed by atoms with E-state index in [1.807, 2.05) is 6.92 Å². The summed E-state index contributed by atoms with van der Waals surface area (Å²) in [4.78, 5) is 21.9. The van der Waals surface area contributed by atoms with Crippen molar-refractivity contribution < 1.29 is 14.8 Å². The molecule has 9 nitrogen and oxygen atoms in total. The minimum Gasteiger partial charge on any atom is -0.480 e. The van der Waals surface area contributed by atoms with Crippen LogP contribution in [0.3, 0.4) is 0 Å². The lowest BCUT2D eigenvalue weighted by Gasteiger charge is -2.13. The van der Waals surface area contributed by atoms with Gasteiger partial charge in [0.15, 0.2) is 11.9 Å². The third kappa shape index (κ3) is 2.92. The molecule has 0 saturated heterocycles. The molecule has 1 atom stereocenters. The van der Waals surface area contributed by atoms with Crippen LogP contribution in [0.5, 0.6) is 0 Å². The van der Waals surface area contributed by atoms with Gasteiger partial charge in [-0.3, -0.25) is 10.1 Å². The molecule has 0 aliphatic rings. The Kier molecular flexibility index (Phi) is 4.44. The van der Waals surface area contributed by atoms with Crippen molar-refractivity contribution in [2.24, 2.45) is 0 Å². The molecular formula is C13H15N5O4. The highest BCUT2D eigenvalue weighted by atomic mass is 16.6. The van der Waals surface area contributed by atoms with Crippen molar-refractivity contribution >= 4 is 11.7 Å². The molecule has 0 fully saturated rings. The second kappa shape index (κ2) is 6.29. The number of hydrogen-bond acceptors (Lipinski definition) is 6. The highest BCUT2D eigenvalue weighted by Gasteiger charge is 2.25. The molecule has 1 unspecified atom stereocenters. The molecule has 0 aliphatic heterocycles. The van der Waals surface area contributed by atoms with E-state index in [0.717, 1.165) is 0 Å². The summed E-state index contributed by atoms with van der Waals surface area (Å²) >= 11 is 0. The molecule has 2 rings (SSSR count). The summed E-state index contributed by atoms with van der Waals surface area (Å²) in [5.41, 5.74) is 0.857. The number of carboxylic acid groups (broad SMARTS) is 1. The number of tetrazole rings is 1. The van der Waals surface area contributed by atoms with E-state index in [1.54, 1.807) is 19.1 Å². The molecule has 0 saturated carbocycles. The maximum absolute atomic E-state index is 11.4. The average molecular weight is 305 g/mol. The Balaban J connectivity index is 2.51. The summed E-state index contributed by atoms with van der Waals surface area (Å²) in [6.07, 6.45) is 1.01. The monoisotopic (exact) mass is 305 g/mol. The number of benzene rings is 1. The van der Waals surface area contributed by atoms with Crippen LogP contribution in [0, 0.1) is 17.0 Å². The number of aromatic nitrogens is 4. The maximum atomic E-state index is 11.4. The van der Waals surface area contributed by atoms with Gasteiger partial charge in [0.25, 0.3) is 5.69 Å². The largest absolute Gasteiger partial charge is 0.480 e. The van der Waals surface area contributed by atoms with Crippen molar-refractivity contribution in [3.63, 3.8) is 0 Å². The molecule has 1 N–H and O–H groups in total. The minimum absolute atomic E-state index is 0.0607. The molecule has 1 heterocycles. The van der Waals surface area contributed by atoms with Crippen LogP contribution in [0.1, 0.15) is 31.4 Å². The second-order valence-corrected chi connectivity index (χ2v) is 4.85. The van der Waals surface area contributed by atoms with Gasteiger partial charge in [-0.1, -0.05) is 25.5 Å². The van der Waals surface area contributed by atoms with Crippen LogP contribution in [0.2, 0.25) is 0 Å². The van der Waals surface area contributed by atoms with Crippen LogP contribution >= 0.6 is 0 Å². The lowest BCUT2D eigenvalue weighted by Crippen LogP contribution is -2.21. The Hall–Kier alpha value is -2.84. The van der Waals surface area contributed by atoms with Crippen molar-refractivity contribution in [1.29, 1.82) is 0 Å². The quantitative estimate of drug-likeness (QED) is 0.639. The predicted octanol–water partition coefficient (Wildman–Crippen LogP) is 1.98. The van der Waals surface area contributed by atoms with E-state index in [4.69, 9.17) is 0 Å². The van der Waals surface area contributed by atoms with Gasteiger partial charge in [-0.2, -0.15) is 0 Å². The Bertz CT molecular complexity index is 712. The van der Waals surface area contributed by atoms with Crippen LogP contribution in [0.15, 0.2) is 18.2 Å². The summed E-state index contributed by atoms with van der Waals surface area (Å²) in [5, 5.41) is 31.4. The number of rotatable bonds is 6.